The van der Waals surface area contributed by atoms with E-state index >= 15 is 0 Å². The Morgan fingerprint density at radius 3 is 1.52 bits per heavy atom. The first-order valence-corrected chi connectivity index (χ1v) is 17.8. The minimum atomic E-state index is -4.71. The monoisotopic (exact) mass is 534 g/mol. The molecule has 0 aliphatic carbocycles. The van der Waals surface area contributed by atoms with Crippen molar-refractivity contribution in [3.8, 4) is 0 Å². The maximum Gasteiger partial charge on any atom is 0.397 e. The summed E-state index contributed by atoms with van der Waals surface area (Å²) in [7, 11) is 1.42. The van der Waals surface area contributed by atoms with E-state index in [1.54, 1.807) is 0 Å². The van der Waals surface area contributed by atoms with Crippen molar-refractivity contribution < 1.29 is 37.8 Å². The fraction of sp³-hybridized carbons (Fsp3) is 1.00. The molecule has 200 valence electrons. The molecular weight excluding hydrogens is 486 g/mol. The van der Waals surface area contributed by atoms with Crippen LogP contribution in [-0.2, 0) is 23.1 Å². The summed E-state index contributed by atoms with van der Waals surface area (Å²) in [5.41, 5.74) is 0. The maximum absolute atomic E-state index is 11.6. The third-order valence-corrected chi connectivity index (χ3v) is 11.7. The van der Waals surface area contributed by atoms with Gasteiger partial charge in [0.1, 0.15) is 6.10 Å². The first-order chi connectivity index (χ1) is 15.7. The topological polar surface area (TPSA) is 123 Å². The Morgan fingerprint density at radius 2 is 1.12 bits per heavy atom. The molecule has 0 aliphatic heterocycles. The number of hydrogen-bond donors (Lipinski definition) is 3. The van der Waals surface area contributed by atoms with E-state index in [9.17, 15) is 14.0 Å². The molecule has 1 unspecified atom stereocenters. The van der Waals surface area contributed by atoms with Crippen LogP contribution in [0.1, 0.15) is 110 Å². The van der Waals surface area contributed by atoms with Crippen LogP contribution in [0.3, 0.4) is 0 Å². The van der Waals surface area contributed by atoms with Gasteiger partial charge in [0.15, 0.2) is 0 Å². The van der Waals surface area contributed by atoms with Gasteiger partial charge in [-0.05, 0) is 6.42 Å². The molecule has 0 amide bonds. The Hall–Kier alpha value is 0.570. The van der Waals surface area contributed by atoms with Gasteiger partial charge < -0.3 is 24.2 Å². The smallest absolute Gasteiger partial charge is 0.379 e. The lowest BCUT2D eigenvalue weighted by molar-refractivity contribution is -0.0159. The number of ether oxygens (including phenoxy) is 2. The molecule has 0 heterocycles. The van der Waals surface area contributed by atoms with Gasteiger partial charge in [-0.3, -0.25) is 4.52 Å². The van der Waals surface area contributed by atoms with Gasteiger partial charge in [-0.2, -0.15) is 0 Å². The maximum atomic E-state index is 11.6. The Balaban J connectivity index is 3.45. The van der Waals surface area contributed by atoms with Gasteiger partial charge >= 0.3 is 13.6 Å². The minimum Gasteiger partial charge on any atom is -0.379 e. The van der Waals surface area contributed by atoms with Crippen LogP contribution in [0.25, 0.3) is 0 Å². The minimum absolute atomic E-state index is 0.190. The molecule has 3 N–H and O–H groups in total. The van der Waals surface area contributed by atoms with Crippen molar-refractivity contribution in [2.24, 2.45) is 0 Å². The van der Waals surface area contributed by atoms with E-state index in [4.69, 9.17) is 23.8 Å². The molecule has 8 nitrogen and oxygen atoms in total. The summed E-state index contributed by atoms with van der Waals surface area (Å²) >= 11 is -0.378. The number of unbranched alkanes of at least 4 members (excludes halogenated alkanes) is 15. The molecule has 0 saturated heterocycles. The van der Waals surface area contributed by atoms with E-state index in [0.717, 1.165) is 12.8 Å². The lowest BCUT2D eigenvalue weighted by Crippen LogP contribution is -2.24. The number of methoxy groups -OCH3 is 1. The van der Waals surface area contributed by atoms with Crippen LogP contribution in [-0.4, -0.2) is 47.7 Å². The highest BCUT2D eigenvalue weighted by atomic mass is 33.1. The molecule has 0 rings (SSSR count). The van der Waals surface area contributed by atoms with Crippen molar-refractivity contribution >= 4 is 24.6 Å². The largest absolute Gasteiger partial charge is 0.397 e. The highest BCUT2D eigenvalue weighted by molar-refractivity contribution is 8.84. The van der Waals surface area contributed by atoms with Gasteiger partial charge in [0.05, 0.1) is 24.2 Å². The zero-order valence-corrected chi connectivity index (χ0v) is 23.3. The first kappa shape index (κ1) is 33.6. The zero-order valence-electron chi connectivity index (χ0n) is 20.7. The van der Waals surface area contributed by atoms with Crippen LogP contribution in [0, 0.1) is 0 Å². The fourth-order valence-corrected chi connectivity index (χ4v) is 8.13. The summed E-state index contributed by atoms with van der Waals surface area (Å²) in [6, 6.07) is 0. The molecule has 0 saturated carbocycles. The molecule has 0 aliphatic rings. The summed E-state index contributed by atoms with van der Waals surface area (Å²) in [5.74, 6) is 0. The molecule has 0 radical (unpaired) electrons. The lowest BCUT2D eigenvalue weighted by atomic mass is 10.0. The normalized spacial score (nSPS) is 14.9. The van der Waals surface area contributed by atoms with Gasteiger partial charge in [-0.15, -0.1) is 0 Å². The van der Waals surface area contributed by atoms with E-state index in [0.29, 0.717) is 6.61 Å². The van der Waals surface area contributed by atoms with Crippen LogP contribution in [0.4, 0.5) is 0 Å². The summed E-state index contributed by atoms with van der Waals surface area (Å²) in [6.07, 6.45) is 20.4. The van der Waals surface area contributed by atoms with E-state index in [2.05, 4.69) is 6.92 Å². The Labute approximate surface area is 205 Å². The standard InChI is InChI=1S/C22H48O8P2S/c1-3-4-5-6-7-8-9-10-11-12-13-14-15-16-17-18-19-29-20-22(28-2)21-30-32(26,27)33-31(23,24)25/h22H,3-21H2,1-2H3,(H,26,27)(H2,23,24,25)/t22-/m1/s1. The SMILES string of the molecule is CCCCCCCCCCCCCCCCCCOC[C@H](COP(=O)(O)SP(=O)(O)O)OC. The quantitative estimate of drug-likeness (QED) is 0.0822. The van der Waals surface area contributed by atoms with Crippen molar-refractivity contribution in [3.63, 3.8) is 0 Å². The predicted octanol–water partition coefficient (Wildman–Crippen LogP) is 7.22. The third kappa shape index (κ3) is 25.5. The highest BCUT2D eigenvalue weighted by Gasteiger charge is 2.33. The summed E-state index contributed by atoms with van der Waals surface area (Å²) < 4.78 is 37.8. The predicted molar refractivity (Wildman–Crippen MR) is 137 cm³/mol. The van der Waals surface area contributed by atoms with Crippen molar-refractivity contribution in [1.82, 2.24) is 0 Å². The number of rotatable bonds is 25. The van der Waals surface area contributed by atoms with Crippen LogP contribution in [0.5, 0.6) is 0 Å². The van der Waals surface area contributed by atoms with E-state index < -0.39 is 19.7 Å². The molecule has 0 fully saturated rings. The molecule has 0 bridgehead atoms. The van der Waals surface area contributed by atoms with E-state index in [-0.39, 0.29) is 24.2 Å². The third-order valence-electron chi connectivity index (χ3n) is 5.41. The molecule has 33 heavy (non-hydrogen) atoms. The van der Waals surface area contributed by atoms with E-state index in [1.165, 1.54) is 97.0 Å². The van der Waals surface area contributed by atoms with Crippen LogP contribution in [0.2, 0.25) is 0 Å². The molecular formula is C22H48O8P2S. The number of hydrogen-bond acceptors (Lipinski definition) is 6. The van der Waals surface area contributed by atoms with E-state index in [1.807, 2.05) is 0 Å². The van der Waals surface area contributed by atoms with Crippen molar-refractivity contribution in [2.75, 3.05) is 26.9 Å². The average Bonchev–Trinajstić information content (AvgIpc) is 2.73. The van der Waals surface area contributed by atoms with Crippen molar-refractivity contribution in [1.29, 1.82) is 0 Å². The van der Waals surface area contributed by atoms with Gasteiger partial charge in [0.25, 0.3) is 0 Å². The molecule has 0 aromatic carbocycles. The van der Waals surface area contributed by atoms with Crippen LogP contribution in [0.15, 0.2) is 0 Å². The van der Waals surface area contributed by atoms with Gasteiger partial charge in [-0.1, -0.05) is 103 Å². The second-order valence-electron chi connectivity index (χ2n) is 8.57. The summed E-state index contributed by atoms with van der Waals surface area (Å²) in [6.45, 7) is -6.40. The second kappa shape index (κ2) is 21.8. The fourth-order valence-electron chi connectivity index (χ4n) is 3.49. The summed E-state index contributed by atoms with van der Waals surface area (Å²) in [5, 5.41) is 0. The molecule has 0 aromatic heterocycles. The second-order valence-corrected chi connectivity index (χ2v) is 15.7. The van der Waals surface area contributed by atoms with Crippen LogP contribution >= 0.6 is 24.6 Å². The Morgan fingerprint density at radius 1 is 0.697 bits per heavy atom. The molecule has 0 aromatic rings. The molecule has 2 atom stereocenters. The summed E-state index contributed by atoms with van der Waals surface area (Å²) in [4.78, 5) is 26.9. The lowest BCUT2D eigenvalue weighted by Gasteiger charge is -2.18. The molecule has 0 spiro atoms. The first-order valence-electron chi connectivity index (χ1n) is 12.5. The van der Waals surface area contributed by atoms with Gasteiger partial charge in [-0.25, -0.2) is 9.13 Å². The average molecular weight is 535 g/mol. The highest BCUT2D eigenvalue weighted by Crippen LogP contribution is 2.72. The van der Waals surface area contributed by atoms with Gasteiger partial charge in [0, 0.05) is 13.7 Å². The zero-order chi connectivity index (χ0) is 24.8. The van der Waals surface area contributed by atoms with Gasteiger partial charge in [0.2, 0.25) is 0 Å². The Kier molecular flexibility index (Phi) is 22.2. The van der Waals surface area contributed by atoms with Crippen LogP contribution < -0.4 is 0 Å². The van der Waals surface area contributed by atoms with Crippen molar-refractivity contribution in [2.45, 2.75) is 116 Å². The van der Waals surface area contributed by atoms with Crippen molar-refractivity contribution in [3.05, 3.63) is 0 Å². The molecule has 11 heteroatoms. The Bertz CT molecular complexity index is 533.